The van der Waals surface area contributed by atoms with E-state index < -0.39 is 0 Å². The predicted molar refractivity (Wildman–Crippen MR) is 86.9 cm³/mol. The van der Waals surface area contributed by atoms with Crippen LogP contribution in [0.5, 0.6) is 0 Å². The summed E-state index contributed by atoms with van der Waals surface area (Å²) in [5.74, 6) is 2.05. The minimum absolute atomic E-state index is 0.0945. The molecule has 1 saturated heterocycles. The number of benzene rings is 1. The molecule has 0 bridgehead atoms. The Morgan fingerprint density at radius 2 is 2.23 bits per heavy atom. The average molecular weight is 300 g/mol. The number of pyridine rings is 1. The predicted octanol–water partition coefficient (Wildman–Crippen LogP) is 2.56. The third kappa shape index (κ3) is 2.74. The van der Waals surface area contributed by atoms with Gasteiger partial charge in [0, 0.05) is 30.6 Å². The maximum atomic E-state index is 10.8. The smallest absolute Gasteiger partial charge is 0.270 e. The van der Waals surface area contributed by atoms with Crippen molar-refractivity contribution < 1.29 is 4.92 Å². The van der Waals surface area contributed by atoms with Crippen LogP contribution in [0.2, 0.25) is 0 Å². The van der Waals surface area contributed by atoms with Crippen LogP contribution in [-0.4, -0.2) is 29.5 Å². The molecule has 116 valence electrons. The van der Waals surface area contributed by atoms with Crippen molar-refractivity contribution in [1.82, 2.24) is 4.98 Å². The number of nitrogens with two attached hydrogens (primary N) is 1. The fraction of sp³-hybridized carbons (Fsp3) is 0.438. The number of nitrogens with zero attached hydrogens (tertiary/aromatic N) is 3. The summed E-state index contributed by atoms with van der Waals surface area (Å²) >= 11 is 0. The van der Waals surface area contributed by atoms with E-state index in [0.29, 0.717) is 18.4 Å². The highest BCUT2D eigenvalue weighted by atomic mass is 16.6. The number of hydrogen-bond acceptors (Lipinski definition) is 5. The van der Waals surface area contributed by atoms with Gasteiger partial charge in [-0.2, -0.15) is 0 Å². The molecule has 2 unspecified atom stereocenters. The molecular formula is C16H20N4O2. The Kier molecular flexibility index (Phi) is 3.94. The first-order valence-corrected chi connectivity index (χ1v) is 7.58. The highest BCUT2D eigenvalue weighted by Gasteiger charge is 2.25. The number of aromatic nitrogens is 1. The number of rotatable bonds is 3. The maximum Gasteiger partial charge on any atom is 0.270 e. The number of piperidine rings is 1. The first-order chi connectivity index (χ1) is 10.6. The van der Waals surface area contributed by atoms with Crippen LogP contribution in [0.4, 0.5) is 11.5 Å². The van der Waals surface area contributed by atoms with Crippen molar-refractivity contribution in [3.63, 3.8) is 0 Å². The summed E-state index contributed by atoms with van der Waals surface area (Å²) in [5.41, 5.74) is 6.74. The number of hydrogen-bond donors (Lipinski definition) is 1. The van der Waals surface area contributed by atoms with Gasteiger partial charge in [0.05, 0.1) is 10.4 Å². The van der Waals surface area contributed by atoms with Gasteiger partial charge in [-0.25, -0.2) is 4.98 Å². The molecule has 1 aromatic heterocycles. The highest BCUT2D eigenvalue weighted by Crippen LogP contribution is 2.28. The molecule has 0 saturated carbocycles. The fourth-order valence-corrected chi connectivity index (χ4v) is 3.06. The van der Waals surface area contributed by atoms with Crippen LogP contribution in [0.3, 0.4) is 0 Å². The van der Waals surface area contributed by atoms with Gasteiger partial charge in [-0.05, 0) is 43.0 Å². The van der Waals surface area contributed by atoms with E-state index in [1.165, 1.54) is 6.07 Å². The van der Waals surface area contributed by atoms with Crippen molar-refractivity contribution in [2.24, 2.45) is 17.6 Å². The first-order valence-electron chi connectivity index (χ1n) is 7.58. The minimum atomic E-state index is -0.384. The lowest BCUT2D eigenvalue weighted by atomic mass is 9.87. The molecule has 22 heavy (non-hydrogen) atoms. The highest BCUT2D eigenvalue weighted by molar-refractivity contribution is 5.82. The van der Waals surface area contributed by atoms with Crippen molar-refractivity contribution in [3.05, 3.63) is 40.4 Å². The molecule has 1 aliphatic rings. The molecule has 2 N–H and O–H groups in total. The molecule has 0 radical (unpaired) electrons. The van der Waals surface area contributed by atoms with Gasteiger partial charge >= 0.3 is 0 Å². The summed E-state index contributed by atoms with van der Waals surface area (Å²) in [6.07, 6.45) is 1.11. The Bertz CT molecular complexity index is 704. The van der Waals surface area contributed by atoms with Crippen LogP contribution >= 0.6 is 0 Å². The van der Waals surface area contributed by atoms with Crippen LogP contribution < -0.4 is 10.6 Å². The molecule has 0 spiro atoms. The molecule has 3 rings (SSSR count). The molecule has 1 fully saturated rings. The molecule has 2 atom stereocenters. The standard InChI is InChI=1S/C16H20N4O2/c1-11-6-7-19(10-13(11)9-17)16-5-2-12-8-14(20(21)22)3-4-15(12)18-16/h2-5,8,11,13H,6-7,9-10,17H2,1H3. The SMILES string of the molecule is CC1CCN(c2ccc3cc([N+](=O)[O-])ccc3n2)CC1CN. The van der Waals surface area contributed by atoms with E-state index in [4.69, 9.17) is 5.73 Å². The van der Waals surface area contributed by atoms with E-state index in [-0.39, 0.29) is 10.6 Å². The number of non-ortho nitro benzene ring substituents is 1. The van der Waals surface area contributed by atoms with Gasteiger partial charge in [0.1, 0.15) is 5.82 Å². The van der Waals surface area contributed by atoms with Crippen LogP contribution in [-0.2, 0) is 0 Å². The van der Waals surface area contributed by atoms with E-state index in [9.17, 15) is 10.1 Å². The zero-order valence-electron chi connectivity index (χ0n) is 12.6. The summed E-state index contributed by atoms with van der Waals surface area (Å²) in [6, 6.07) is 8.62. The van der Waals surface area contributed by atoms with E-state index in [1.807, 2.05) is 12.1 Å². The molecule has 1 aromatic carbocycles. The average Bonchev–Trinajstić information content (AvgIpc) is 2.54. The molecule has 6 nitrogen and oxygen atoms in total. The van der Waals surface area contributed by atoms with Crippen LogP contribution in [0.25, 0.3) is 10.9 Å². The number of fused-ring (bicyclic) bond motifs is 1. The van der Waals surface area contributed by atoms with Gasteiger partial charge in [0.2, 0.25) is 0 Å². The van der Waals surface area contributed by atoms with E-state index >= 15 is 0 Å². The number of anilines is 1. The third-order valence-corrected chi connectivity index (χ3v) is 4.61. The van der Waals surface area contributed by atoms with Gasteiger partial charge in [-0.15, -0.1) is 0 Å². The summed E-state index contributed by atoms with van der Waals surface area (Å²) in [4.78, 5) is 17.4. The first kappa shape index (κ1) is 14.7. The van der Waals surface area contributed by atoms with E-state index in [1.54, 1.807) is 12.1 Å². The van der Waals surface area contributed by atoms with Crippen LogP contribution in [0, 0.1) is 22.0 Å². The van der Waals surface area contributed by atoms with Crippen LogP contribution in [0.1, 0.15) is 13.3 Å². The van der Waals surface area contributed by atoms with E-state index in [2.05, 4.69) is 16.8 Å². The Labute approximate surface area is 129 Å². The maximum absolute atomic E-state index is 10.8. The van der Waals surface area contributed by atoms with Crippen molar-refractivity contribution in [2.75, 3.05) is 24.5 Å². The molecule has 1 aliphatic heterocycles. The summed E-state index contributed by atoms with van der Waals surface area (Å²) < 4.78 is 0. The van der Waals surface area contributed by atoms with Crippen molar-refractivity contribution in [1.29, 1.82) is 0 Å². The summed E-state index contributed by atoms with van der Waals surface area (Å²) in [7, 11) is 0. The second kappa shape index (κ2) is 5.88. The Hall–Kier alpha value is -2.21. The lowest BCUT2D eigenvalue weighted by Crippen LogP contribution is -2.43. The molecule has 2 aromatic rings. The molecule has 0 aliphatic carbocycles. The lowest BCUT2D eigenvalue weighted by molar-refractivity contribution is -0.384. The van der Waals surface area contributed by atoms with Gasteiger partial charge in [-0.3, -0.25) is 10.1 Å². The Morgan fingerprint density at radius 3 is 2.95 bits per heavy atom. The zero-order chi connectivity index (χ0) is 15.7. The molecule has 6 heteroatoms. The number of nitro benzene ring substituents is 1. The molecule has 0 amide bonds. The molecule has 2 heterocycles. The largest absolute Gasteiger partial charge is 0.356 e. The normalized spacial score (nSPS) is 22.0. The topological polar surface area (TPSA) is 85.3 Å². The van der Waals surface area contributed by atoms with Crippen molar-refractivity contribution in [2.45, 2.75) is 13.3 Å². The second-order valence-corrected chi connectivity index (χ2v) is 6.01. The second-order valence-electron chi connectivity index (χ2n) is 6.01. The van der Waals surface area contributed by atoms with Crippen LogP contribution in [0.15, 0.2) is 30.3 Å². The number of nitro groups is 1. The Balaban J connectivity index is 1.89. The van der Waals surface area contributed by atoms with Gasteiger partial charge in [-0.1, -0.05) is 6.92 Å². The third-order valence-electron chi connectivity index (χ3n) is 4.61. The monoisotopic (exact) mass is 300 g/mol. The summed E-state index contributed by atoms with van der Waals surface area (Å²) in [5, 5.41) is 11.6. The quantitative estimate of drug-likeness (QED) is 0.695. The van der Waals surface area contributed by atoms with Crippen molar-refractivity contribution in [3.8, 4) is 0 Å². The Morgan fingerprint density at radius 1 is 1.41 bits per heavy atom. The van der Waals surface area contributed by atoms with Gasteiger partial charge in [0.15, 0.2) is 0 Å². The van der Waals surface area contributed by atoms with Gasteiger partial charge in [0.25, 0.3) is 5.69 Å². The summed E-state index contributed by atoms with van der Waals surface area (Å²) in [6.45, 7) is 4.84. The van der Waals surface area contributed by atoms with Crippen molar-refractivity contribution >= 4 is 22.4 Å². The molecular weight excluding hydrogens is 280 g/mol. The zero-order valence-corrected chi connectivity index (χ0v) is 12.6. The van der Waals surface area contributed by atoms with Gasteiger partial charge < -0.3 is 10.6 Å². The minimum Gasteiger partial charge on any atom is -0.356 e. The van der Waals surface area contributed by atoms with E-state index in [0.717, 1.165) is 36.2 Å². The lowest BCUT2D eigenvalue weighted by Gasteiger charge is -2.37. The fourth-order valence-electron chi connectivity index (χ4n) is 3.06.